The fourth-order valence-electron chi connectivity index (χ4n) is 1.75. The van der Waals surface area contributed by atoms with Crippen LogP contribution in [-0.2, 0) is 0 Å². The van der Waals surface area contributed by atoms with Gasteiger partial charge in [0.1, 0.15) is 5.56 Å². The van der Waals surface area contributed by atoms with E-state index in [1.165, 1.54) is 6.07 Å². The zero-order valence-corrected chi connectivity index (χ0v) is 10.4. The highest BCUT2D eigenvalue weighted by atomic mass is 16.6. The second-order valence-electron chi connectivity index (χ2n) is 4.13. The number of benzene rings is 1. The molecule has 7 nitrogen and oxygen atoms in total. The molecule has 0 saturated heterocycles. The molecule has 2 rings (SSSR count). The van der Waals surface area contributed by atoms with Crippen molar-refractivity contribution in [3.05, 3.63) is 40.3 Å². The van der Waals surface area contributed by atoms with E-state index < -0.39 is 4.92 Å². The van der Waals surface area contributed by atoms with Crippen LogP contribution in [0, 0.1) is 10.1 Å². The van der Waals surface area contributed by atoms with Gasteiger partial charge in [-0.1, -0.05) is 30.6 Å². The molecule has 0 saturated carbocycles. The molecule has 2 aromatic rings. The molecule has 0 spiro atoms. The summed E-state index contributed by atoms with van der Waals surface area (Å²) in [5.74, 6) is 0.490. The first-order valence-corrected chi connectivity index (χ1v) is 5.96. The monoisotopic (exact) mass is 262 g/mol. The first-order chi connectivity index (χ1) is 9.13. The Morgan fingerprint density at radius 3 is 2.89 bits per heavy atom. The molecule has 0 unspecified atom stereocenters. The van der Waals surface area contributed by atoms with Gasteiger partial charge in [0, 0.05) is 6.07 Å². The fraction of sp³-hybridized carbons (Fsp3) is 0.333. The summed E-state index contributed by atoms with van der Waals surface area (Å²) in [5, 5.41) is 14.7. The standard InChI is InChI=1S/C12H14N4O3/c1-2-5-9(13)12-14-11(15-19-12)8-6-3-4-7-10(8)16(17)18/h3-4,6-7,9H,2,5,13H2,1H3/t9-/m1/s1. The van der Waals surface area contributed by atoms with Crippen molar-refractivity contribution in [2.24, 2.45) is 5.73 Å². The van der Waals surface area contributed by atoms with Gasteiger partial charge in [0.2, 0.25) is 11.7 Å². The molecule has 1 heterocycles. The van der Waals surface area contributed by atoms with Crippen LogP contribution in [0.5, 0.6) is 0 Å². The van der Waals surface area contributed by atoms with Gasteiger partial charge in [-0.2, -0.15) is 4.98 Å². The summed E-state index contributed by atoms with van der Waals surface area (Å²) in [6, 6.07) is 5.92. The topological polar surface area (TPSA) is 108 Å². The third kappa shape index (κ3) is 2.76. The summed E-state index contributed by atoms with van der Waals surface area (Å²) in [4.78, 5) is 14.6. The molecule has 0 amide bonds. The molecule has 1 atom stereocenters. The number of rotatable bonds is 5. The fourth-order valence-corrected chi connectivity index (χ4v) is 1.75. The van der Waals surface area contributed by atoms with Crippen LogP contribution in [0.25, 0.3) is 11.4 Å². The third-order valence-corrected chi connectivity index (χ3v) is 2.70. The summed E-state index contributed by atoms with van der Waals surface area (Å²) < 4.78 is 5.06. The predicted octanol–water partition coefficient (Wildman–Crippen LogP) is 2.44. The van der Waals surface area contributed by atoms with E-state index in [9.17, 15) is 10.1 Å². The lowest BCUT2D eigenvalue weighted by Crippen LogP contribution is -2.09. The average Bonchev–Trinajstić information content (AvgIpc) is 2.88. The molecular weight excluding hydrogens is 248 g/mol. The molecule has 0 fully saturated rings. The number of hydrogen-bond acceptors (Lipinski definition) is 6. The average molecular weight is 262 g/mol. The van der Waals surface area contributed by atoms with Gasteiger partial charge < -0.3 is 10.3 Å². The van der Waals surface area contributed by atoms with Crippen molar-refractivity contribution in [2.75, 3.05) is 0 Å². The van der Waals surface area contributed by atoms with E-state index in [4.69, 9.17) is 10.3 Å². The molecule has 19 heavy (non-hydrogen) atoms. The number of nitrogens with zero attached hydrogens (tertiary/aromatic N) is 3. The Balaban J connectivity index is 2.35. The Labute approximate surface area is 109 Å². The Kier molecular flexibility index (Phi) is 3.86. The van der Waals surface area contributed by atoms with Crippen LogP contribution in [-0.4, -0.2) is 15.1 Å². The molecule has 7 heteroatoms. The first-order valence-electron chi connectivity index (χ1n) is 5.96. The smallest absolute Gasteiger partial charge is 0.280 e. The lowest BCUT2D eigenvalue weighted by Gasteiger charge is -2.02. The Hall–Kier alpha value is -2.28. The van der Waals surface area contributed by atoms with Crippen molar-refractivity contribution in [1.29, 1.82) is 0 Å². The highest BCUT2D eigenvalue weighted by Crippen LogP contribution is 2.28. The lowest BCUT2D eigenvalue weighted by molar-refractivity contribution is -0.384. The maximum atomic E-state index is 10.9. The number of nitrogens with two attached hydrogens (primary N) is 1. The predicted molar refractivity (Wildman–Crippen MR) is 68.2 cm³/mol. The summed E-state index contributed by atoms with van der Waals surface area (Å²) in [6.45, 7) is 2.00. The number of nitro groups is 1. The van der Waals surface area contributed by atoms with Gasteiger partial charge in [-0.15, -0.1) is 0 Å². The zero-order valence-electron chi connectivity index (χ0n) is 10.4. The van der Waals surface area contributed by atoms with E-state index in [0.717, 1.165) is 12.8 Å². The summed E-state index contributed by atoms with van der Waals surface area (Å²) in [6.07, 6.45) is 1.61. The van der Waals surface area contributed by atoms with Gasteiger partial charge in [-0.25, -0.2) is 0 Å². The van der Waals surface area contributed by atoms with Crippen molar-refractivity contribution in [3.63, 3.8) is 0 Å². The van der Waals surface area contributed by atoms with Crippen LogP contribution in [0.15, 0.2) is 28.8 Å². The van der Waals surface area contributed by atoms with Crippen molar-refractivity contribution in [1.82, 2.24) is 10.1 Å². The largest absolute Gasteiger partial charge is 0.337 e. The van der Waals surface area contributed by atoms with Crippen LogP contribution in [0.4, 0.5) is 5.69 Å². The lowest BCUT2D eigenvalue weighted by atomic mass is 10.1. The van der Waals surface area contributed by atoms with E-state index >= 15 is 0 Å². The Morgan fingerprint density at radius 2 is 2.21 bits per heavy atom. The van der Waals surface area contributed by atoms with Gasteiger partial charge in [0.15, 0.2) is 0 Å². The second kappa shape index (κ2) is 5.57. The SMILES string of the molecule is CCC[C@@H](N)c1nc(-c2ccccc2[N+](=O)[O-])no1. The molecule has 2 N–H and O–H groups in total. The van der Waals surface area contributed by atoms with Crippen LogP contribution in [0.2, 0.25) is 0 Å². The van der Waals surface area contributed by atoms with Crippen molar-refractivity contribution in [3.8, 4) is 11.4 Å². The molecule has 0 aliphatic heterocycles. The number of hydrogen-bond donors (Lipinski definition) is 1. The van der Waals surface area contributed by atoms with E-state index in [1.807, 2.05) is 6.92 Å². The molecular formula is C12H14N4O3. The summed E-state index contributed by atoms with van der Waals surface area (Å²) >= 11 is 0. The quantitative estimate of drug-likeness (QED) is 0.654. The van der Waals surface area contributed by atoms with Crippen LogP contribution < -0.4 is 5.73 Å². The zero-order chi connectivity index (χ0) is 13.8. The first kappa shape index (κ1) is 13.2. The van der Waals surface area contributed by atoms with Gasteiger partial charge in [-0.05, 0) is 12.5 Å². The van der Waals surface area contributed by atoms with E-state index in [1.54, 1.807) is 18.2 Å². The minimum absolute atomic E-state index is 0.0566. The molecule has 0 radical (unpaired) electrons. The minimum atomic E-state index is -0.475. The van der Waals surface area contributed by atoms with Crippen molar-refractivity contribution >= 4 is 5.69 Å². The van der Waals surface area contributed by atoms with Gasteiger partial charge in [0.05, 0.1) is 11.0 Å². The van der Waals surface area contributed by atoms with E-state index in [2.05, 4.69) is 10.1 Å². The van der Waals surface area contributed by atoms with Crippen molar-refractivity contribution in [2.45, 2.75) is 25.8 Å². The highest BCUT2D eigenvalue weighted by Gasteiger charge is 2.21. The van der Waals surface area contributed by atoms with Crippen LogP contribution >= 0.6 is 0 Å². The minimum Gasteiger partial charge on any atom is -0.337 e. The van der Waals surface area contributed by atoms with Gasteiger partial charge in [-0.3, -0.25) is 10.1 Å². The molecule has 100 valence electrons. The summed E-state index contributed by atoms with van der Waals surface area (Å²) in [5.41, 5.74) is 6.13. The number of para-hydroxylation sites is 1. The third-order valence-electron chi connectivity index (χ3n) is 2.70. The van der Waals surface area contributed by atoms with E-state index in [-0.39, 0.29) is 17.6 Å². The molecule has 0 bridgehead atoms. The molecule has 1 aromatic heterocycles. The molecule has 0 aliphatic carbocycles. The normalized spacial score (nSPS) is 12.3. The molecule has 1 aromatic carbocycles. The Morgan fingerprint density at radius 1 is 1.47 bits per heavy atom. The van der Waals surface area contributed by atoms with Crippen LogP contribution in [0.1, 0.15) is 31.7 Å². The van der Waals surface area contributed by atoms with Crippen molar-refractivity contribution < 1.29 is 9.45 Å². The number of nitro benzene ring substituents is 1. The maximum Gasteiger partial charge on any atom is 0.280 e. The van der Waals surface area contributed by atoms with Gasteiger partial charge >= 0.3 is 0 Å². The van der Waals surface area contributed by atoms with Gasteiger partial charge in [0.25, 0.3) is 5.69 Å². The number of aromatic nitrogens is 2. The Bertz CT molecular complexity index is 582. The highest BCUT2D eigenvalue weighted by molar-refractivity contribution is 5.67. The van der Waals surface area contributed by atoms with Crippen LogP contribution in [0.3, 0.4) is 0 Å². The summed E-state index contributed by atoms with van der Waals surface area (Å²) in [7, 11) is 0. The molecule has 0 aliphatic rings. The maximum absolute atomic E-state index is 10.9. The second-order valence-corrected chi connectivity index (χ2v) is 4.13. The van der Waals surface area contributed by atoms with E-state index in [0.29, 0.717) is 11.5 Å².